The van der Waals surface area contributed by atoms with E-state index in [9.17, 15) is 9.59 Å². The standard InChI is InChI=1S/C25H23ClN2O4/c1-31-21-15-20(28-24(30)25(11-12-25)17-9-6-10-18(26)13-17)22(32-2)14-19(21)27-23(29)16-7-4-3-5-8-16/h3-10,13-15H,11-12H2,1-2H3,(H,27,29)(H,28,30). The Morgan fingerprint density at radius 1 is 0.844 bits per heavy atom. The number of amides is 2. The number of hydrogen-bond acceptors (Lipinski definition) is 4. The zero-order valence-electron chi connectivity index (χ0n) is 17.8. The van der Waals surface area contributed by atoms with Crippen LogP contribution in [0.2, 0.25) is 5.02 Å². The summed E-state index contributed by atoms with van der Waals surface area (Å²) in [7, 11) is 3.00. The van der Waals surface area contributed by atoms with Gasteiger partial charge in [-0.15, -0.1) is 0 Å². The Balaban J connectivity index is 1.59. The number of rotatable bonds is 7. The van der Waals surface area contributed by atoms with Gasteiger partial charge in [-0.3, -0.25) is 9.59 Å². The van der Waals surface area contributed by atoms with Crippen molar-refractivity contribution in [1.82, 2.24) is 0 Å². The van der Waals surface area contributed by atoms with Crippen molar-refractivity contribution in [2.45, 2.75) is 18.3 Å². The second-order valence-corrected chi connectivity index (χ2v) is 8.06. The third-order valence-electron chi connectivity index (χ3n) is 5.62. The fourth-order valence-electron chi connectivity index (χ4n) is 3.68. The van der Waals surface area contributed by atoms with E-state index in [0.717, 1.165) is 18.4 Å². The number of methoxy groups -OCH3 is 2. The van der Waals surface area contributed by atoms with Gasteiger partial charge in [0.15, 0.2) is 0 Å². The summed E-state index contributed by atoms with van der Waals surface area (Å²) in [5, 5.41) is 6.40. The van der Waals surface area contributed by atoms with Crippen LogP contribution in [-0.4, -0.2) is 26.0 Å². The lowest BCUT2D eigenvalue weighted by Crippen LogP contribution is -2.28. The van der Waals surface area contributed by atoms with Crippen LogP contribution in [0.3, 0.4) is 0 Å². The van der Waals surface area contributed by atoms with Crippen molar-refractivity contribution in [2.24, 2.45) is 0 Å². The predicted octanol–water partition coefficient (Wildman–Crippen LogP) is 5.28. The maximum atomic E-state index is 13.2. The second kappa shape index (κ2) is 8.93. The largest absolute Gasteiger partial charge is 0.494 e. The van der Waals surface area contributed by atoms with Gasteiger partial charge >= 0.3 is 0 Å². The van der Waals surface area contributed by atoms with E-state index < -0.39 is 5.41 Å². The van der Waals surface area contributed by atoms with Gasteiger partial charge in [-0.1, -0.05) is 41.9 Å². The Morgan fingerprint density at radius 2 is 1.47 bits per heavy atom. The second-order valence-electron chi connectivity index (χ2n) is 7.62. The highest BCUT2D eigenvalue weighted by Gasteiger charge is 2.51. The molecule has 32 heavy (non-hydrogen) atoms. The van der Waals surface area contributed by atoms with Gasteiger partial charge in [0, 0.05) is 22.7 Å². The highest BCUT2D eigenvalue weighted by Crippen LogP contribution is 2.50. The van der Waals surface area contributed by atoms with E-state index in [4.69, 9.17) is 21.1 Å². The molecule has 1 fully saturated rings. The number of anilines is 2. The lowest BCUT2D eigenvalue weighted by molar-refractivity contribution is -0.118. The molecule has 0 radical (unpaired) electrons. The Bertz CT molecular complexity index is 1160. The minimum absolute atomic E-state index is 0.138. The van der Waals surface area contributed by atoms with Gasteiger partial charge in [0.1, 0.15) is 11.5 Å². The van der Waals surface area contributed by atoms with E-state index in [2.05, 4.69) is 10.6 Å². The number of hydrogen-bond donors (Lipinski definition) is 2. The Morgan fingerprint density at radius 3 is 2.03 bits per heavy atom. The van der Waals surface area contributed by atoms with E-state index in [1.807, 2.05) is 24.3 Å². The van der Waals surface area contributed by atoms with Crippen LogP contribution in [0.15, 0.2) is 66.7 Å². The number of carbonyl (C=O) groups excluding carboxylic acids is 2. The first kappa shape index (κ1) is 21.7. The molecule has 3 aromatic carbocycles. The quantitative estimate of drug-likeness (QED) is 0.513. The van der Waals surface area contributed by atoms with Crippen molar-refractivity contribution >= 4 is 34.8 Å². The summed E-state index contributed by atoms with van der Waals surface area (Å²) < 4.78 is 11.0. The van der Waals surface area contributed by atoms with Crippen LogP contribution in [0.1, 0.15) is 28.8 Å². The highest BCUT2D eigenvalue weighted by molar-refractivity contribution is 6.30. The number of nitrogens with one attached hydrogen (secondary N) is 2. The van der Waals surface area contributed by atoms with Gasteiger partial charge < -0.3 is 20.1 Å². The fourth-order valence-corrected chi connectivity index (χ4v) is 3.87. The van der Waals surface area contributed by atoms with Crippen LogP contribution in [-0.2, 0) is 10.2 Å². The van der Waals surface area contributed by atoms with Crippen molar-refractivity contribution in [3.8, 4) is 11.5 Å². The van der Waals surface area contributed by atoms with Crippen molar-refractivity contribution in [1.29, 1.82) is 0 Å². The van der Waals surface area contributed by atoms with Crippen molar-refractivity contribution in [3.05, 3.63) is 82.9 Å². The van der Waals surface area contributed by atoms with Gasteiger partial charge in [-0.2, -0.15) is 0 Å². The van der Waals surface area contributed by atoms with Gasteiger partial charge in [0.2, 0.25) is 5.91 Å². The minimum Gasteiger partial charge on any atom is -0.494 e. The predicted molar refractivity (Wildman–Crippen MR) is 125 cm³/mol. The molecule has 164 valence electrons. The van der Waals surface area contributed by atoms with Crippen molar-refractivity contribution in [3.63, 3.8) is 0 Å². The van der Waals surface area contributed by atoms with Crippen molar-refractivity contribution < 1.29 is 19.1 Å². The van der Waals surface area contributed by atoms with Gasteiger partial charge in [0.25, 0.3) is 5.91 Å². The van der Waals surface area contributed by atoms with E-state index in [1.165, 1.54) is 14.2 Å². The number of carbonyl (C=O) groups is 2. The molecule has 7 heteroatoms. The van der Waals surface area contributed by atoms with Crippen LogP contribution < -0.4 is 20.1 Å². The Labute approximate surface area is 191 Å². The zero-order chi connectivity index (χ0) is 22.7. The molecule has 0 aliphatic heterocycles. The van der Waals surface area contributed by atoms with Crippen LogP contribution in [0.25, 0.3) is 0 Å². The van der Waals surface area contributed by atoms with E-state index >= 15 is 0 Å². The summed E-state index contributed by atoms with van der Waals surface area (Å²) in [4.78, 5) is 25.8. The first-order valence-corrected chi connectivity index (χ1v) is 10.5. The summed E-state index contributed by atoms with van der Waals surface area (Å²) in [6.07, 6.45) is 1.48. The molecular formula is C25H23ClN2O4. The normalized spacial score (nSPS) is 13.7. The molecule has 3 aromatic rings. The average Bonchev–Trinajstić information content (AvgIpc) is 3.62. The molecule has 1 aliphatic carbocycles. The summed E-state index contributed by atoms with van der Waals surface area (Å²) in [5.74, 6) is 0.393. The molecule has 4 rings (SSSR count). The monoisotopic (exact) mass is 450 g/mol. The maximum absolute atomic E-state index is 13.2. The highest BCUT2D eigenvalue weighted by atomic mass is 35.5. The zero-order valence-corrected chi connectivity index (χ0v) is 18.5. The Kier molecular flexibility index (Phi) is 6.06. The fraction of sp³-hybridized carbons (Fsp3) is 0.200. The van der Waals surface area contributed by atoms with Crippen LogP contribution in [0, 0.1) is 0 Å². The first-order valence-electron chi connectivity index (χ1n) is 10.2. The van der Waals surface area contributed by atoms with Crippen LogP contribution in [0.4, 0.5) is 11.4 Å². The molecular weight excluding hydrogens is 428 g/mol. The molecule has 2 amide bonds. The molecule has 0 spiro atoms. The van der Waals surface area contributed by atoms with Gasteiger partial charge in [-0.05, 0) is 42.7 Å². The number of benzene rings is 3. The lowest BCUT2D eigenvalue weighted by atomic mass is 9.95. The maximum Gasteiger partial charge on any atom is 0.255 e. The lowest BCUT2D eigenvalue weighted by Gasteiger charge is -2.19. The van der Waals surface area contributed by atoms with E-state index in [0.29, 0.717) is 33.5 Å². The molecule has 1 saturated carbocycles. The molecule has 0 aromatic heterocycles. The summed E-state index contributed by atoms with van der Waals surface area (Å²) in [6.45, 7) is 0. The van der Waals surface area contributed by atoms with E-state index in [1.54, 1.807) is 42.5 Å². The third-order valence-corrected chi connectivity index (χ3v) is 5.85. The average molecular weight is 451 g/mol. The molecule has 1 aliphatic rings. The molecule has 0 bridgehead atoms. The third kappa shape index (κ3) is 4.27. The SMILES string of the molecule is COc1cc(NC(=O)C2(c3cccc(Cl)c3)CC2)c(OC)cc1NC(=O)c1ccccc1. The van der Waals surface area contributed by atoms with Crippen LogP contribution >= 0.6 is 11.6 Å². The molecule has 2 N–H and O–H groups in total. The van der Waals surface area contributed by atoms with E-state index in [-0.39, 0.29) is 11.8 Å². The van der Waals surface area contributed by atoms with Crippen molar-refractivity contribution in [2.75, 3.05) is 24.9 Å². The minimum atomic E-state index is -0.608. The Hall–Kier alpha value is -3.51. The summed E-state index contributed by atoms with van der Waals surface area (Å²) in [5.41, 5.74) is 1.69. The summed E-state index contributed by atoms with van der Waals surface area (Å²) >= 11 is 6.13. The topological polar surface area (TPSA) is 76.7 Å². The number of ether oxygens (including phenoxy) is 2. The van der Waals surface area contributed by atoms with Crippen LogP contribution in [0.5, 0.6) is 11.5 Å². The molecule has 0 unspecified atom stereocenters. The number of halogens is 1. The first-order chi connectivity index (χ1) is 15.5. The summed E-state index contributed by atoms with van der Waals surface area (Å²) in [6, 6.07) is 19.5. The van der Waals surface area contributed by atoms with Gasteiger partial charge in [0.05, 0.1) is 31.0 Å². The smallest absolute Gasteiger partial charge is 0.255 e. The molecule has 6 nitrogen and oxygen atoms in total. The molecule has 0 saturated heterocycles. The van der Waals surface area contributed by atoms with Gasteiger partial charge in [-0.25, -0.2) is 0 Å². The molecule has 0 heterocycles. The molecule has 0 atom stereocenters.